The van der Waals surface area contributed by atoms with E-state index in [9.17, 15) is 4.79 Å². The quantitative estimate of drug-likeness (QED) is 0.726. The van der Waals surface area contributed by atoms with Crippen molar-refractivity contribution in [1.82, 2.24) is 15.1 Å². The largest absolute Gasteiger partial charge is 0.481 e. The molecule has 0 spiro atoms. The van der Waals surface area contributed by atoms with Gasteiger partial charge in [-0.2, -0.15) is 0 Å². The van der Waals surface area contributed by atoms with Gasteiger partial charge < -0.3 is 20.2 Å². The van der Waals surface area contributed by atoms with Gasteiger partial charge in [-0.05, 0) is 31.5 Å². The minimum atomic E-state index is -0.651. The fourth-order valence-electron chi connectivity index (χ4n) is 3.42. The average molecular weight is 306 g/mol. The van der Waals surface area contributed by atoms with Gasteiger partial charge in [0.05, 0.1) is 12.0 Å². The highest BCUT2D eigenvalue weighted by atomic mass is 35.5. The molecule has 0 amide bonds. The van der Waals surface area contributed by atoms with Crippen LogP contribution in [0.15, 0.2) is 0 Å². The van der Waals surface area contributed by atoms with E-state index in [-0.39, 0.29) is 18.3 Å². The van der Waals surface area contributed by atoms with Crippen LogP contribution in [0, 0.1) is 5.92 Å². The van der Waals surface area contributed by atoms with Crippen molar-refractivity contribution < 1.29 is 9.90 Å². The lowest BCUT2D eigenvalue weighted by molar-refractivity contribution is -0.141. The molecule has 1 saturated carbocycles. The third-order valence-electron chi connectivity index (χ3n) is 4.44. The zero-order chi connectivity index (χ0) is 12.7. The number of halogens is 1. The van der Waals surface area contributed by atoms with Crippen LogP contribution >= 0.6 is 24.6 Å². The summed E-state index contributed by atoms with van der Waals surface area (Å²) in [4.78, 5) is 15.6. The molecule has 2 heterocycles. The number of carboxylic acid groups (broad SMARTS) is 1. The number of nitrogens with zero attached hydrogens (tertiary/aromatic N) is 2. The number of carboxylic acids is 1. The van der Waals surface area contributed by atoms with Gasteiger partial charge in [-0.3, -0.25) is 4.79 Å². The monoisotopic (exact) mass is 305 g/mol. The molecule has 0 radical (unpaired) electrons. The smallest absolute Gasteiger partial charge is 0.306 e. The molecule has 0 aromatic rings. The van der Waals surface area contributed by atoms with Crippen LogP contribution in [-0.4, -0.2) is 64.3 Å². The number of piperazine rings is 1. The third kappa shape index (κ3) is 2.66. The highest BCUT2D eigenvalue weighted by Gasteiger charge is 2.42. The Labute approximate surface area is 124 Å². The molecule has 2 N–H and O–H groups in total. The van der Waals surface area contributed by atoms with E-state index < -0.39 is 5.97 Å². The topological polar surface area (TPSA) is 55.8 Å². The molecule has 3 aliphatic rings. The van der Waals surface area contributed by atoms with Crippen molar-refractivity contribution in [3.63, 3.8) is 0 Å². The minimum absolute atomic E-state index is 0. The van der Waals surface area contributed by atoms with Crippen LogP contribution in [0.1, 0.15) is 19.3 Å². The van der Waals surface area contributed by atoms with E-state index in [1.54, 1.807) is 0 Å². The first-order valence-electron chi connectivity index (χ1n) is 6.67. The number of hydrogen-bond acceptors (Lipinski definition) is 3. The van der Waals surface area contributed by atoms with E-state index in [2.05, 4.69) is 15.1 Å². The van der Waals surface area contributed by atoms with Gasteiger partial charge >= 0.3 is 5.97 Å². The summed E-state index contributed by atoms with van der Waals surface area (Å²) in [6, 6.07) is 0.819. The molecule has 7 heteroatoms. The van der Waals surface area contributed by atoms with Crippen molar-refractivity contribution in [1.29, 1.82) is 0 Å². The van der Waals surface area contributed by atoms with Gasteiger partial charge in [-0.25, -0.2) is 0 Å². The molecule has 19 heavy (non-hydrogen) atoms. The van der Waals surface area contributed by atoms with Crippen LogP contribution in [0.25, 0.3) is 0 Å². The van der Waals surface area contributed by atoms with Crippen molar-refractivity contribution in [2.75, 3.05) is 26.2 Å². The Morgan fingerprint density at radius 1 is 1.32 bits per heavy atom. The Hall–Kier alpha value is -0.590. The lowest BCUT2D eigenvalue weighted by atomic mass is 10.1. The molecule has 0 aromatic heterocycles. The zero-order valence-corrected chi connectivity index (χ0v) is 12.4. The number of fused-ring (bicyclic) bond motifs is 1. The van der Waals surface area contributed by atoms with Gasteiger partial charge in [-0.1, -0.05) is 0 Å². The van der Waals surface area contributed by atoms with Crippen molar-refractivity contribution >= 4 is 35.7 Å². The molecule has 3 atom stereocenters. The van der Waals surface area contributed by atoms with Crippen molar-refractivity contribution in [3.05, 3.63) is 0 Å². The van der Waals surface area contributed by atoms with E-state index in [4.69, 9.17) is 17.3 Å². The van der Waals surface area contributed by atoms with E-state index in [0.717, 1.165) is 50.6 Å². The fraction of sp³-hybridized carbons (Fsp3) is 0.833. The van der Waals surface area contributed by atoms with Crippen LogP contribution in [0.5, 0.6) is 0 Å². The van der Waals surface area contributed by atoms with E-state index in [1.165, 1.54) is 0 Å². The zero-order valence-electron chi connectivity index (χ0n) is 10.7. The normalized spacial score (nSPS) is 34.1. The first-order chi connectivity index (χ1) is 8.66. The Morgan fingerprint density at radius 2 is 2.11 bits per heavy atom. The lowest BCUT2D eigenvalue weighted by Crippen LogP contribution is -2.49. The van der Waals surface area contributed by atoms with Crippen LogP contribution in [-0.2, 0) is 4.79 Å². The van der Waals surface area contributed by atoms with Crippen LogP contribution in [0.2, 0.25) is 0 Å². The van der Waals surface area contributed by atoms with Crippen molar-refractivity contribution in [2.24, 2.45) is 5.92 Å². The second-order valence-electron chi connectivity index (χ2n) is 5.49. The molecule has 3 fully saturated rings. The SMILES string of the molecule is Cl.O=C(O)[C@H]1CC[C@@H](N2CC3CNCCN3C2=S)C1. The third-order valence-corrected chi connectivity index (χ3v) is 4.91. The predicted octanol–water partition coefficient (Wildman–Crippen LogP) is 0.536. The molecule has 1 unspecified atom stereocenters. The molecule has 5 nitrogen and oxygen atoms in total. The van der Waals surface area contributed by atoms with Crippen LogP contribution < -0.4 is 5.32 Å². The van der Waals surface area contributed by atoms with Crippen molar-refractivity contribution in [3.8, 4) is 0 Å². The summed E-state index contributed by atoms with van der Waals surface area (Å²) in [5.74, 6) is -0.824. The summed E-state index contributed by atoms with van der Waals surface area (Å²) in [6.07, 6.45) is 2.51. The Kier molecular flexibility index (Phi) is 4.53. The number of carbonyl (C=O) groups is 1. The molecular formula is C12H20ClN3O2S. The van der Waals surface area contributed by atoms with E-state index in [1.807, 2.05) is 0 Å². The highest BCUT2D eigenvalue weighted by molar-refractivity contribution is 7.80. The molecule has 1 aliphatic carbocycles. The number of hydrogen-bond donors (Lipinski definition) is 2. The van der Waals surface area contributed by atoms with E-state index in [0.29, 0.717) is 12.1 Å². The number of thiocarbonyl (C=S) groups is 1. The molecule has 2 aliphatic heterocycles. The van der Waals surface area contributed by atoms with E-state index >= 15 is 0 Å². The van der Waals surface area contributed by atoms with Crippen LogP contribution in [0.3, 0.4) is 0 Å². The summed E-state index contributed by atoms with van der Waals surface area (Å²) in [5, 5.41) is 13.4. The molecule has 2 saturated heterocycles. The molecule has 0 aromatic carbocycles. The van der Waals surface area contributed by atoms with Gasteiger partial charge in [0.15, 0.2) is 5.11 Å². The lowest BCUT2D eigenvalue weighted by Gasteiger charge is -2.30. The Bertz CT molecular complexity index is 382. The maximum atomic E-state index is 11.0. The summed E-state index contributed by atoms with van der Waals surface area (Å²) in [7, 11) is 0. The summed E-state index contributed by atoms with van der Waals surface area (Å²) < 4.78 is 0. The second-order valence-corrected chi connectivity index (χ2v) is 5.85. The summed E-state index contributed by atoms with van der Waals surface area (Å²) >= 11 is 5.56. The predicted molar refractivity (Wildman–Crippen MR) is 78.7 cm³/mol. The second kappa shape index (κ2) is 5.81. The first kappa shape index (κ1) is 14.8. The average Bonchev–Trinajstić information content (AvgIpc) is 2.95. The summed E-state index contributed by atoms with van der Waals surface area (Å²) in [5.41, 5.74) is 0. The standard InChI is InChI=1S/C12H19N3O2S.ClH/c16-11(17)8-1-2-9(5-8)15-7-10-6-13-3-4-14(10)12(15)18;/h8-10,13H,1-7H2,(H,16,17);1H/t8-,9+,10?;/m0./s1. The highest BCUT2D eigenvalue weighted by Crippen LogP contribution is 2.33. The van der Waals surface area contributed by atoms with Gasteiger partial charge in [0.2, 0.25) is 0 Å². The molecule has 3 rings (SSSR count). The maximum absolute atomic E-state index is 11.0. The van der Waals surface area contributed by atoms with Gasteiger partial charge in [0, 0.05) is 32.2 Å². The minimum Gasteiger partial charge on any atom is -0.481 e. The number of rotatable bonds is 2. The van der Waals surface area contributed by atoms with Gasteiger partial charge in [-0.15, -0.1) is 12.4 Å². The first-order valence-corrected chi connectivity index (χ1v) is 7.08. The Balaban J connectivity index is 0.00000133. The summed E-state index contributed by atoms with van der Waals surface area (Å²) in [6.45, 7) is 3.93. The Morgan fingerprint density at radius 3 is 2.74 bits per heavy atom. The molecule has 0 bridgehead atoms. The van der Waals surface area contributed by atoms with Gasteiger partial charge in [0.1, 0.15) is 0 Å². The maximum Gasteiger partial charge on any atom is 0.306 e. The van der Waals surface area contributed by atoms with Crippen molar-refractivity contribution in [2.45, 2.75) is 31.3 Å². The fourth-order valence-corrected chi connectivity index (χ4v) is 3.88. The number of aliphatic carboxylic acids is 1. The molecule has 108 valence electrons. The van der Waals surface area contributed by atoms with Gasteiger partial charge in [0.25, 0.3) is 0 Å². The number of nitrogens with one attached hydrogen (secondary N) is 1. The van der Waals surface area contributed by atoms with Crippen LogP contribution in [0.4, 0.5) is 0 Å². The molecular weight excluding hydrogens is 286 g/mol.